The summed E-state index contributed by atoms with van der Waals surface area (Å²) in [6, 6.07) is 0.0724. The monoisotopic (exact) mass is 264 g/mol. The zero-order chi connectivity index (χ0) is 13.8. The molecular weight excluding hydrogens is 248 g/mol. The molecule has 102 valence electrons. The minimum Gasteiger partial charge on any atom is -0.467 e. The predicted molar refractivity (Wildman–Crippen MR) is 69.2 cm³/mol. The highest BCUT2D eigenvalue weighted by molar-refractivity contribution is 5.36. The van der Waals surface area contributed by atoms with Gasteiger partial charge in [-0.1, -0.05) is 0 Å². The highest BCUT2D eigenvalue weighted by Crippen LogP contribution is 2.18. The molecule has 0 fully saturated rings. The van der Waals surface area contributed by atoms with E-state index < -0.39 is 0 Å². The maximum absolute atomic E-state index is 5.44. The summed E-state index contributed by atoms with van der Waals surface area (Å²) in [7, 11) is 3.22. The first-order chi connectivity index (χ1) is 9.12. The molecule has 0 aromatic carbocycles. The summed E-state index contributed by atoms with van der Waals surface area (Å²) in [5.74, 6) is 2.14. The Bertz CT molecular complexity index is 534. The normalized spacial score (nSPS) is 12.0. The number of oxazole rings is 1. The molecule has 0 radical (unpaired) electrons. The van der Waals surface area contributed by atoms with Crippen LogP contribution in [0.4, 0.5) is 11.9 Å². The lowest BCUT2D eigenvalue weighted by Crippen LogP contribution is -2.12. The zero-order valence-corrected chi connectivity index (χ0v) is 11.3. The van der Waals surface area contributed by atoms with E-state index in [1.54, 1.807) is 13.2 Å². The van der Waals surface area contributed by atoms with Gasteiger partial charge in [0.1, 0.15) is 11.8 Å². The quantitative estimate of drug-likeness (QED) is 0.836. The van der Waals surface area contributed by atoms with E-state index in [9.17, 15) is 0 Å². The van der Waals surface area contributed by atoms with Crippen LogP contribution in [0.5, 0.6) is 6.01 Å². The summed E-state index contributed by atoms with van der Waals surface area (Å²) >= 11 is 0. The Morgan fingerprint density at radius 2 is 2.00 bits per heavy atom. The fraction of sp³-hybridized carbons (Fsp3) is 0.455. The van der Waals surface area contributed by atoms with Crippen LogP contribution in [0, 0.1) is 6.92 Å². The second-order valence-electron chi connectivity index (χ2n) is 3.89. The number of aromatic nitrogens is 4. The number of anilines is 2. The zero-order valence-electron chi connectivity index (χ0n) is 11.3. The molecule has 1 unspecified atom stereocenters. The highest BCUT2D eigenvalue weighted by Gasteiger charge is 2.14. The van der Waals surface area contributed by atoms with E-state index in [1.807, 2.05) is 13.8 Å². The van der Waals surface area contributed by atoms with Crippen molar-refractivity contribution in [3.63, 3.8) is 0 Å². The largest absolute Gasteiger partial charge is 0.467 e. The van der Waals surface area contributed by atoms with E-state index in [2.05, 4.69) is 30.6 Å². The SMILES string of the molecule is CNc1nc(NC(C)c2ncc(C)o2)nc(OC)n1. The van der Waals surface area contributed by atoms with Gasteiger partial charge in [0.15, 0.2) is 0 Å². The molecule has 2 rings (SSSR count). The molecule has 0 saturated heterocycles. The predicted octanol–water partition coefficient (Wildman–Crippen LogP) is 1.39. The summed E-state index contributed by atoms with van der Waals surface area (Å²) in [5, 5.41) is 5.92. The third-order valence-electron chi connectivity index (χ3n) is 2.38. The van der Waals surface area contributed by atoms with Crippen LogP contribution in [-0.4, -0.2) is 34.1 Å². The lowest BCUT2D eigenvalue weighted by atomic mass is 10.3. The van der Waals surface area contributed by atoms with E-state index in [1.165, 1.54) is 7.11 Å². The molecule has 2 aromatic heterocycles. The average molecular weight is 264 g/mol. The second-order valence-corrected chi connectivity index (χ2v) is 3.89. The minimum atomic E-state index is -0.162. The summed E-state index contributed by atoms with van der Waals surface area (Å²) in [6.45, 7) is 3.74. The first kappa shape index (κ1) is 13.1. The number of ether oxygens (including phenoxy) is 1. The van der Waals surface area contributed by atoms with E-state index in [4.69, 9.17) is 9.15 Å². The van der Waals surface area contributed by atoms with E-state index >= 15 is 0 Å². The van der Waals surface area contributed by atoms with Gasteiger partial charge >= 0.3 is 6.01 Å². The third-order valence-corrected chi connectivity index (χ3v) is 2.38. The van der Waals surface area contributed by atoms with Crippen LogP contribution in [0.1, 0.15) is 24.6 Å². The summed E-state index contributed by atoms with van der Waals surface area (Å²) in [4.78, 5) is 16.5. The van der Waals surface area contributed by atoms with Crippen LogP contribution >= 0.6 is 0 Å². The summed E-state index contributed by atoms with van der Waals surface area (Å²) in [5.41, 5.74) is 0. The molecule has 8 heteroatoms. The Morgan fingerprint density at radius 1 is 1.26 bits per heavy atom. The number of nitrogens with zero attached hydrogens (tertiary/aromatic N) is 4. The van der Waals surface area contributed by atoms with Crippen LogP contribution in [-0.2, 0) is 0 Å². The highest BCUT2D eigenvalue weighted by atomic mass is 16.5. The molecule has 0 amide bonds. The molecular formula is C11H16N6O2. The van der Waals surface area contributed by atoms with Crippen LogP contribution in [0.15, 0.2) is 10.6 Å². The molecule has 0 spiro atoms. The van der Waals surface area contributed by atoms with Crippen LogP contribution in [0.2, 0.25) is 0 Å². The Morgan fingerprint density at radius 3 is 2.58 bits per heavy atom. The van der Waals surface area contributed by atoms with Crippen molar-refractivity contribution in [2.45, 2.75) is 19.9 Å². The molecule has 0 aliphatic carbocycles. The molecule has 0 aliphatic heterocycles. The Balaban J connectivity index is 2.18. The van der Waals surface area contributed by atoms with Gasteiger partial charge in [0.2, 0.25) is 17.8 Å². The third kappa shape index (κ3) is 3.09. The Labute approximate surface area is 110 Å². The topological polar surface area (TPSA) is 98.0 Å². The fourth-order valence-corrected chi connectivity index (χ4v) is 1.45. The molecule has 8 nitrogen and oxygen atoms in total. The molecule has 2 aromatic rings. The van der Waals surface area contributed by atoms with Gasteiger partial charge in [-0.2, -0.15) is 15.0 Å². The Hall–Kier alpha value is -2.38. The van der Waals surface area contributed by atoms with E-state index in [0.717, 1.165) is 5.76 Å². The van der Waals surface area contributed by atoms with Crippen molar-refractivity contribution in [3.05, 3.63) is 17.8 Å². The van der Waals surface area contributed by atoms with Crippen LogP contribution in [0.25, 0.3) is 0 Å². The van der Waals surface area contributed by atoms with Gasteiger partial charge in [-0.15, -0.1) is 0 Å². The minimum absolute atomic E-state index is 0.162. The van der Waals surface area contributed by atoms with Crippen molar-refractivity contribution in [3.8, 4) is 6.01 Å². The molecule has 19 heavy (non-hydrogen) atoms. The number of hydrogen-bond donors (Lipinski definition) is 2. The standard InChI is InChI=1S/C11H16N6O2/c1-6-5-13-8(19-6)7(2)14-10-15-9(12-3)16-11(17-10)18-4/h5,7H,1-4H3,(H2,12,14,15,16,17). The fourth-order valence-electron chi connectivity index (χ4n) is 1.45. The molecule has 0 bridgehead atoms. The van der Waals surface area contributed by atoms with Gasteiger partial charge in [0.25, 0.3) is 0 Å². The maximum Gasteiger partial charge on any atom is 0.322 e. The van der Waals surface area contributed by atoms with Gasteiger partial charge in [0, 0.05) is 7.05 Å². The van der Waals surface area contributed by atoms with Crippen molar-refractivity contribution < 1.29 is 9.15 Å². The molecule has 0 aliphatic rings. The smallest absolute Gasteiger partial charge is 0.322 e. The van der Waals surface area contributed by atoms with Crippen molar-refractivity contribution in [2.24, 2.45) is 0 Å². The number of methoxy groups -OCH3 is 1. The maximum atomic E-state index is 5.44. The lowest BCUT2D eigenvalue weighted by Gasteiger charge is -2.11. The average Bonchev–Trinajstić information content (AvgIpc) is 2.85. The number of aryl methyl sites for hydroxylation is 1. The number of hydrogen-bond acceptors (Lipinski definition) is 8. The van der Waals surface area contributed by atoms with Crippen molar-refractivity contribution in [1.82, 2.24) is 19.9 Å². The molecule has 2 N–H and O–H groups in total. The second kappa shape index (κ2) is 5.51. The van der Waals surface area contributed by atoms with Gasteiger partial charge in [-0.25, -0.2) is 4.98 Å². The molecule has 0 saturated carbocycles. The van der Waals surface area contributed by atoms with Gasteiger partial charge in [-0.05, 0) is 13.8 Å². The van der Waals surface area contributed by atoms with E-state index in [0.29, 0.717) is 17.8 Å². The first-order valence-electron chi connectivity index (χ1n) is 5.79. The van der Waals surface area contributed by atoms with Gasteiger partial charge in [0.05, 0.1) is 13.3 Å². The van der Waals surface area contributed by atoms with E-state index in [-0.39, 0.29) is 12.1 Å². The molecule has 2 heterocycles. The number of rotatable bonds is 5. The molecule has 1 atom stereocenters. The summed E-state index contributed by atoms with van der Waals surface area (Å²) < 4.78 is 10.4. The lowest BCUT2D eigenvalue weighted by molar-refractivity contribution is 0.379. The first-order valence-corrected chi connectivity index (χ1v) is 5.79. The van der Waals surface area contributed by atoms with Crippen molar-refractivity contribution >= 4 is 11.9 Å². The van der Waals surface area contributed by atoms with Gasteiger partial charge in [-0.3, -0.25) is 0 Å². The van der Waals surface area contributed by atoms with Gasteiger partial charge < -0.3 is 19.8 Å². The van der Waals surface area contributed by atoms with Crippen LogP contribution in [0.3, 0.4) is 0 Å². The van der Waals surface area contributed by atoms with Crippen molar-refractivity contribution in [1.29, 1.82) is 0 Å². The van der Waals surface area contributed by atoms with Crippen molar-refractivity contribution in [2.75, 3.05) is 24.8 Å². The Kier molecular flexibility index (Phi) is 3.79. The van der Waals surface area contributed by atoms with Crippen LogP contribution < -0.4 is 15.4 Å². The summed E-state index contributed by atoms with van der Waals surface area (Å²) in [6.07, 6.45) is 1.67. The number of nitrogens with one attached hydrogen (secondary N) is 2.